The number of benzene rings is 1. The molecule has 0 heterocycles. The van der Waals surface area contributed by atoms with Crippen molar-refractivity contribution < 1.29 is 22.0 Å². The van der Waals surface area contributed by atoms with Crippen LogP contribution < -0.4 is 0 Å². The number of rotatable bonds is 1. The van der Waals surface area contributed by atoms with Crippen molar-refractivity contribution in [3.63, 3.8) is 0 Å². The van der Waals surface area contributed by atoms with Crippen LogP contribution in [0.15, 0.2) is 0 Å². The second-order valence-electron chi connectivity index (χ2n) is 3.67. The molecule has 21 heavy (non-hydrogen) atoms. The third-order valence-electron chi connectivity index (χ3n) is 1.85. The first kappa shape index (κ1) is 24.9. The summed E-state index contributed by atoms with van der Waals surface area (Å²) in [6, 6.07) is 0. The fraction of sp³-hybridized carbons (Fsp3) is 0.600. The molecular formula is C15H24BF5. The third-order valence-corrected chi connectivity index (χ3v) is 1.85. The van der Waals surface area contributed by atoms with E-state index in [1.165, 1.54) is 0 Å². The summed E-state index contributed by atoms with van der Waals surface area (Å²) >= 11 is 0. The predicted molar refractivity (Wildman–Crippen MR) is 79.1 cm³/mol. The Balaban J connectivity index is -0.000000478. The Morgan fingerprint density at radius 1 is 0.571 bits per heavy atom. The SMILES string of the molecule is CC.CC.CC.[B]C(C)(C)c1c(F)c(F)c(F)c(F)c1F. The van der Waals surface area contributed by atoms with E-state index in [4.69, 9.17) is 7.85 Å². The van der Waals surface area contributed by atoms with Crippen molar-refractivity contribution >= 4 is 7.85 Å². The van der Waals surface area contributed by atoms with Gasteiger partial charge in [-0.25, -0.2) is 22.0 Å². The molecule has 0 aliphatic rings. The van der Waals surface area contributed by atoms with Gasteiger partial charge in [0.15, 0.2) is 23.3 Å². The molecule has 1 rings (SSSR count). The minimum Gasteiger partial charge on any atom is -0.203 e. The van der Waals surface area contributed by atoms with E-state index in [9.17, 15) is 22.0 Å². The average Bonchev–Trinajstić information content (AvgIpc) is 2.48. The molecule has 0 aliphatic heterocycles. The molecule has 1 aromatic carbocycles. The highest BCUT2D eigenvalue weighted by Gasteiger charge is 2.31. The highest BCUT2D eigenvalue weighted by atomic mass is 19.2. The van der Waals surface area contributed by atoms with Gasteiger partial charge < -0.3 is 0 Å². The smallest absolute Gasteiger partial charge is 0.200 e. The molecule has 0 unspecified atom stereocenters. The van der Waals surface area contributed by atoms with Crippen molar-refractivity contribution in [2.24, 2.45) is 0 Å². The molecule has 0 fully saturated rings. The van der Waals surface area contributed by atoms with Gasteiger partial charge in [-0.15, -0.1) is 0 Å². The summed E-state index contributed by atoms with van der Waals surface area (Å²) in [4.78, 5) is 0. The van der Waals surface area contributed by atoms with Crippen LogP contribution in [0.3, 0.4) is 0 Å². The van der Waals surface area contributed by atoms with Crippen LogP contribution in [0, 0.1) is 29.1 Å². The first-order chi connectivity index (χ1) is 9.68. The van der Waals surface area contributed by atoms with Gasteiger partial charge in [-0.2, -0.15) is 0 Å². The molecule has 0 amide bonds. The predicted octanol–water partition coefficient (Wildman–Crippen LogP) is 5.86. The zero-order chi connectivity index (χ0) is 18.0. The fourth-order valence-corrected chi connectivity index (χ4v) is 1.17. The third kappa shape index (κ3) is 6.49. The maximum absolute atomic E-state index is 13.1. The van der Waals surface area contributed by atoms with Gasteiger partial charge in [0.25, 0.3) is 0 Å². The van der Waals surface area contributed by atoms with E-state index in [2.05, 4.69) is 0 Å². The van der Waals surface area contributed by atoms with E-state index in [1.54, 1.807) is 0 Å². The van der Waals surface area contributed by atoms with Crippen molar-refractivity contribution in [1.29, 1.82) is 0 Å². The van der Waals surface area contributed by atoms with Gasteiger partial charge in [0.1, 0.15) is 0 Å². The molecule has 2 radical (unpaired) electrons. The van der Waals surface area contributed by atoms with Gasteiger partial charge in [0, 0.05) is 5.56 Å². The van der Waals surface area contributed by atoms with Crippen molar-refractivity contribution in [2.75, 3.05) is 0 Å². The second-order valence-corrected chi connectivity index (χ2v) is 3.67. The lowest BCUT2D eigenvalue weighted by atomic mass is 9.67. The summed E-state index contributed by atoms with van der Waals surface area (Å²) in [7, 11) is 5.31. The van der Waals surface area contributed by atoms with Gasteiger partial charge in [0.05, 0.1) is 7.85 Å². The van der Waals surface area contributed by atoms with Crippen molar-refractivity contribution in [3.05, 3.63) is 34.6 Å². The molecule has 122 valence electrons. The molecule has 0 saturated carbocycles. The van der Waals surface area contributed by atoms with E-state index in [0.717, 1.165) is 13.8 Å². The highest BCUT2D eigenvalue weighted by molar-refractivity contribution is 6.15. The van der Waals surface area contributed by atoms with Crippen LogP contribution in [0.5, 0.6) is 0 Å². The van der Waals surface area contributed by atoms with E-state index >= 15 is 0 Å². The van der Waals surface area contributed by atoms with Crippen molar-refractivity contribution in [3.8, 4) is 0 Å². The Bertz CT molecular complexity index is 383. The Hall–Kier alpha value is -1.07. The minimum atomic E-state index is -2.18. The van der Waals surface area contributed by atoms with E-state index in [1.807, 2.05) is 41.5 Å². The van der Waals surface area contributed by atoms with Crippen molar-refractivity contribution in [1.82, 2.24) is 0 Å². The first-order valence-corrected chi connectivity index (χ1v) is 6.98. The lowest BCUT2D eigenvalue weighted by Gasteiger charge is -2.21. The van der Waals surface area contributed by atoms with E-state index in [0.29, 0.717) is 0 Å². The molecule has 0 saturated heterocycles. The largest absolute Gasteiger partial charge is 0.203 e. The van der Waals surface area contributed by atoms with Crippen LogP contribution in [0.1, 0.15) is 61.0 Å². The molecule has 1 aromatic rings. The van der Waals surface area contributed by atoms with Gasteiger partial charge in [0.2, 0.25) is 5.82 Å². The molecule has 0 spiro atoms. The Morgan fingerprint density at radius 2 is 0.762 bits per heavy atom. The Morgan fingerprint density at radius 3 is 0.952 bits per heavy atom. The topological polar surface area (TPSA) is 0 Å². The standard InChI is InChI=1S/C9H6BF5.3C2H6/c1-9(2,10)3-4(11)6(13)8(15)7(14)5(3)12;3*1-2/h1-2H3;3*1-2H3. The molecule has 0 N–H and O–H groups in total. The number of hydrogen-bond donors (Lipinski definition) is 0. The normalized spacial score (nSPS) is 9.38. The average molecular weight is 310 g/mol. The van der Waals surface area contributed by atoms with Crippen LogP contribution in [0.2, 0.25) is 0 Å². The van der Waals surface area contributed by atoms with E-state index in [-0.39, 0.29) is 0 Å². The minimum absolute atomic E-state index is 1.01. The summed E-state index contributed by atoms with van der Waals surface area (Å²) in [5.74, 6) is -9.93. The van der Waals surface area contributed by atoms with Crippen LogP contribution in [0.25, 0.3) is 0 Å². The monoisotopic (exact) mass is 310 g/mol. The molecule has 0 nitrogen and oxygen atoms in total. The van der Waals surface area contributed by atoms with Gasteiger partial charge >= 0.3 is 0 Å². The van der Waals surface area contributed by atoms with Crippen molar-refractivity contribution in [2.45, 2.75) is 60.7 Å². The van der Waals surface area contributed by atoms with E-state index < -0.39 is 40.0 Å². The van der Waals surface area contributed by atoms with Crippen LogP contribution in [0.4, 0.5) is 22.0 Å². The Kier molecular flexibility index (Phi) is 13.7. The summed E-state index contributed by atoms with van der Waals surface area (Å²) in [5.41, 5.74) is -1.01. The number of hydrogen-bond acceptors (Lipinski definition) is 0. The maximum atomic E-state index is 13.1. The van der Waals surface area contributed by atoms with Crippen LogP contribution in [-0.4, -0.2) is 7.85 Å². The Labute approximate surface area is 126 Å². The summed E-state index contributed by atoms with van der Waals surface area (Å²) in [6.07, 6.45) is 0. The molecule has 6 heteroatoms. The summed E-state index contributed by atoms with van der Waals surface area (Å²) in [5, 5.41) is -1.65. The molecule has 0 atom stereocenters. The van der Waals surface area contributed by atoms with Gasteiger partial charge in [-0.05, 0) is 5.31 Å². The van der Waals surface area contributed by atoms with Gasteiger partial charge in [-0.3, -0.25) is 0 Å². The number of halogens is 5. The first-order valence-electron chi connectivity index (χ1n) is 6.98. The van der Waals surface area contributed by atoms with Crippen LogP contribution >= 0.6 is 0 Å². The highest BCUT2D eigenvalue weighted by Crippen LogP contribution is 2.30. The molecule has 0 bridgehead atoms. The zero-order valence-electron chi connectivity index (χ0n) is 14.0. The molecule has 0 aliphatic carbocycles. The second kappa shape index (κ2) is 11.6. The van der Waals surface area contributed by atoms with Crippen LogP contribution in [-0.2, 0) is 5.31 Å². The lowest BCUT2D eigenvalue weighted by Crippen LogP contribution is -2.23. The molecule has 0 aromatic heterocycles. The quantitative estimate of drug-likeness (QED) is 0.263. The summed E-state index contributed by atoms with van der Waals surface area (Å²) < 4.78 is 64.2. The fourth-order valence-electron chi connectivity index (χ4n) is 1.17. The maximum Gasteiger partial charge on any atom is 0.200 e. The molecular weight excluding hydrogens is 286 g/mol. The zero-order valence-corrected chi connectivity index (χ0v) is 14.0. The summed E-state index contributed by atoms with van der Waals surface area (Å²) in [6.45, 7) is 14.3. The van der Waals surface area contributed by atoms with Gasteiger partial charge in [-0.1, -0.05) is 55.4 Å². The lowest BCUT2D eigenvalue weighted by molar-refractivity contribution is 0.363.